The Morgan fingerprint density at radius 2 is 2.07 bits per heavy atom. The number of allylic oxidation sites excluding steroid dienone is 6. The molecule has 0 aromatic rings. The first-order chi connectivity index (χ1) is 6.86. The van der Waals surface area contributed by atoms with E-state index in [0.717, 1.165) is 0 Å². The summed E-state index contributed by atoms with van der Waals surface area (Å²) in [6.45, 7) is 2.28. The van der Waals surface area contributed by atoms with Crippen molar-refractivity contribution in [1.29, 1.82) is 0 Å². The first-order valence-electron chi connectivity index (χ1n) is 5.24. The third-order valence-corrected chi connectivity index (χ3v) is 4.01. The summed E-state index contributed by atoms with van der Waals surface area (Å²) in [7, 11) is 0. The molecule has 0 N–H and O–H groups in total. The Kier molecular flexibility index (Phi) is 3.30. The maximum absolute atomic E-state index is 2.35. The molecule has 0 radical (unpaired) electrons. The van der Waals surface area contributed by atoms with Crippen LogP contribution in [-0.2, 0) is 0 Å². The predicted octanol–water partition coefficient (Wildman–Crippen LogP) is 4.08. The van der Waals surface area contributed by atoms with E-state index in [9.17, 15) is 0 Å². The first-order valence-corrected chi connectivity index (χ1v) is 6.12. The second-order valence-corrected chi connectivity index (χ2v) is 5.05. The molecule has 0 aromatic carbocycles. The van der Waals surface area contributed by atoms with Gasteiger partial charge in [0, 0.05) is 10.2 Å². The van der Waals surface area contributed by atoms with E-state index in [1.807, 2.05) is 11.8 Å². The van der Waals surface area contributed by atoms with Gasteiger partial charge in [0.05, 0.1) is 0 Å². The summed E-state index contributed by atoms with van der Waals surface area (Å²) < 4.78 is 0. The van der Waals surface area contributed by atoms with Gasteiger partial charge in [-0.15, -0.1) is 11.8 Å². The van der Waals surface area contributed by atoms with Gasteiger partial charge in [-0.25, -0.2) is 0 Å². The van der Waals surface area contributed by atoms with Gasteiger partial charge in [-0.2, -0.15) is 0 Å². The monoisotopic (exact) mass is 204 g/mol. The molecule has 74 valence electrons. The van der Waals surface area contributed by atoms with E-state index in [-0.39, 0.29) is 0 Å². The molecule has 2 atom stereocenters. The molecule has 0 spiro atoms. The van der Waals surface area contributed by atoms with Gasteiger partial charge in [-0.1, -0.05) is 49.5 Å². The van der Waals surface area contributed by atoms with E-state index in [1.54, 1.807) is 0 Å². The van der Waals surface area contributed by atoms with E-state index in [0.29, 0.717) is 11.2 Å². The molecular weight excluding hydrogens is 188 g/mol. The fourth-order valence-corrected chi connectivity index (χ4v) is 2.86. The second kappa shape index (κ2) is 4.70. The zero-order chi connectivity index (χ0) is 9.80. The quantitative estimate of drug-likeness (QED) is 0.653. The maximum atomic E-state index is 2.35. The minimum absolute atomic E-state index is 0.619. The predicted molar refractivity (Wildman–Crippen MR) is 65.3 cm³/mol. The summed E-state index contributed by atoms with van der Waals surface area (Å²) in [6.07, 6.45) is 18.2. The van der Waals surface area contributed by atoms with E-state index in [4.69, 9.17) is 0 Å². The number of hydrogen-bond donors (Lipinski definition) is 0. The third-order valence-electron chi connectivity index (χ3n) is 2.58. The van der Waals surface area contributed by atoms with Gasteiger partial charge in [0.15, 0.2) is 0 Å². The molecule has 2 aliphatic rings. The lowest BCUT2D eigenvalue weighted by Gasteiger charge is -2.20. The molecule has 0 saturated heterocycles. The van der Waals surface area contributed by atoms with Crippen LogP contribution in [0.4, 0.5) is 0 Å². The molecule has 0 nitrogen and oxygen atoms in total. The lowest BCUT2D eigenvalue weighted by atomic mass is 10.0. The van der Waals surface area contributed by atoms with Crippen LogP contribution >= 0.6 is 11.8 Å². The van der Waals surface area contributed by atoms with Crippen molar-refractivity contribution in [1.82, 2.24) is 0 Å². The summed E-state index contributed by atoms with van der Waals surface area (Å²) in [6, 6.07) is 0. The molecule has 0 aromatic heterocycles. The van der Waals surface area contributed by atoms with Crippen molar-refractivity contribution in [3.05, 3.63) is 47.4 Å². The van der Waals surface area contributed by atoms with Crippen molar-refractivity contribution in [2.24, 2.45) is 5.92 Å². The van der Waals surface area contributed by atoms with Crippen molar-refractivity contribution in [2.75, 3.05) is 0 Å². The lowest BCUT2D eigenvalue weighted by molar-refractivity contribution is 0.754. The average Bonchev–Trinajstić information content (AvgIpc) is 2.23. The van der Waals surface area contributed by atoms with Crippen molar-refractivity contribution < 1.29 is 0 Å². The highest BCUT2D eigenvalue weighted by Crippen LogP contribution is 2.33. The minimum atomic E-state index is 0.619. The summed E-state index contributed by atoms with van der Waals surface area (Å²) in [5, 5.41) is 0.619. The maximum Gasteiger partial charge on any atom is 0.0337 e. The van der Waals surface area contributed by atoms with Crippen LogP contribution in [0.1, 0.15) is 19.8 Å². The van der Waals surface area contributed by atoms with E-state index < -0.39 is 0 Å². The third kappa shape index (κ3) is 2.42. The largest absolute Gasteiger partial charge is 0.118 e. The van der Waals surface area contributed by atoms with Crippen LogP contribution in [0.3, 0.4) is 0 Å². The average molecular weight is 204 g/mol. The Morgan fingerprint density at radius 3 is 2.79 bits per heavy atom. The van der Waals surface area contributed by atoms with Gasteiger partial charge in [-0.3, -0.25) is 0 Å². The fraction of sp³-hybridized carbons (Fsp3) is 0.385. The van der Waals surface area contributed by atoms with Crippen molar-refractivity contribution in [2.45, 2.75) is 25.0 Å². The normalized spacial score (nSPS) is 30.5. The van der Waals surface area contributed by atoms with Gasteiger partial charge in [0.1, 0.15) is 0 Å². The molecule has 1 heteroatoms. The molecule has 0 saturated carbocycles. The topological polar surface area (TPSA) is 0 Å². The minimum Gasteiger partial charge on any atom is -0.118 e. The molecule has 2 rings (SSSR count). The van der Waals surface area contributed by atoms with Gasteiger partial charge in [0.25, 0.3) is 0 Å². The van der Waals surface area contributed by atoms with Crippen molar-refractivity contribution in [3.8, 4) is 0 Å². The van der Waals surface area contributed by atoms with Crippen LogP contribution in [-0.4, -0.2) is 5.25 Å². The van der Waals surface area contributed by atoms with E-state index in [1.165, 1.54) is 17.7 Å². The van der Waals surface area contributed by atoms with Gasteiger partial charge in [0.2, 0.25) is 0 Å². The molecule has 0 aliphatic heterocycles. The Bertz CT molecular complexity index is 307. The zero-order valence-electron chi connectivity index (χ0n) is 8.52. The molecule has 0 amide bonds. The Morgan fingerprint density at radius 1 is 1.21 bits per heavy atom. The molecule has 0 bridgehead atoms. The molecule has 0 heterocycles. The molecule has 2 unspecified atom stereocenters. The van der Waals surface area contributed by atoms with E-state index >= 15 is 0 Å². The van der Waals surface area contributed by atoms with Crippen LogP contribution in [0.5, 0.6) is 0 Å². The number of hydrogen-bond acceptors (Lipinski definition) is 1. The molecule has 0 fully saturated rings. The summed E-state index contributed by atoms with van der Waals surface area (Å²) >= 11 is 1.99. The SMILES string of the molecule is CC1C=CC=CC1SC1=CCCC=C1. The number of rotatable bonds is 2. The highest BCUT2D eigenvalue weighted by atomic mass is 32.2. The zero-order valence-corrected chi connectivity index (χ0v) is 9.34. The smallest absolute Gasteiger partial charge is 0.0337 e. The van der Waals surface area contributed by atoms with Gasteiger partial charge < -0.3 is 0 Å². The molecular formula is C13H16S. The second-order valence-electron chi connectivity index (χ2n) is 3.80. The molecule has 2 aliphatic carbocycles. The Labute approximate surface area is 90.5 Å². The van der Waals surface area contributed by atoms with Crippen LogP contribution in [0.25, 0.3) is 0 Å². The summed E-state index contributed by atoms with van der Waals surface area (Å²) in [5.74, 6) is 0.654. The first kappa shape index (κ1) is 9.85. The standard InChI is InChI=1S/C13H16S/c1-11-7-5-6-10-13(11)14-12-8-3-2-4-9-12/h3,5-11,13H,2,4H2,1H3. The van der Waals surface area contributed by atoms with Gasteiger partial charge >= 0.3 is 0 Å². The van der Waals surface area contributed by atoms with E-state index in [2.05, 4.69) is 49.5 Å². The summed E-state index contributed by atoms with van der Waals surface area (Å²) in [4.78, 5) is 1.44. The van der Waals surface area contributed by atoms with Crippen molar-refractivity contribution >= 4 is 11.8 Å². The molecule has 14 heavy (non-hydrogen) atoms. The van der Waals surface area contributed by atoms with Crippen LogP contribution in [0, 0.1) is 5.92 Å². The van der Waals surface area contributed by atoms with Gasteiger partial charge in [-0.05, 0) is 18.8 Å². The van der Waals surface area contributed by atoms with Crippen LogP contribution in [0.15, 0.2) is 47.4 Å². The fourth-order valence-electron chi connectivity index (χ4n) is 1.68. The Hall–Kier alpha value is -0.690. The van der Waals surface area contributed by atoms with Crippen LogP contribution < -0.4 is 0 Å². The summed E-state index contributed by atoms with van der Waals surface area (Å²) in [5.41, 5.74) is 0. The number of thioether (sulfide) groups is 1. The van der Waals surface area contributed by atoms with Crippen molar-refractivity contribution in [3.63, 3.8) is 0 Å². The Balaban J connectivity index is 1.97. The highest BCUT2D eigenvalue weighted by Gasteiger charge is 2.15. The lowest BCUT2D eigenvalue weighted by Crippen LogP contribution is -2.11. The van der Waals surface area contributed by atoms with Crippen LogP contribution in [0.2, 0.25) is 0 Å². The highest BCUT2D eigenvalue weighted by molar-refractivity contribution is 8.04.